The number of nitrogens with zero attached hydrogens (tertiary/aromatic N) is 3. The van der Waals surface area contributed by atoms with Gasteiger partial charge in [-0.3, -0.25) is 14.9 Å². The van der Waals surface area contributed by atoms with Crippen LogP contribution in [0.1, 0.15) is 35.5 Å². The average Bonchev–Trinajstić information content (AvgIpc) is 3.41. The van der Waals surface area contributed by atoms with Crippen molar-refractivity contribution in [3.8, 4) is 11.5 Å². The lowest BCUT2D eigenvalue weighted by Crippen LogP contribution is -2.24. The smallest absolute Gasteiger partial charge is 0.322 e. The van der Waals surface area contributed by atoms with Crippen molar-refractivity contribution in [1.29, 1.82) is 0 Å². The van der Waals surface area contributed by atoms with Crippen molar-refractivity contribution >= 4 is 35.1 Å². The van der Waals surface area contributed by atoms with E-state index in [-0.39, 0.29) is 30.2 Å². The Labute approximate surface area is 189 Å². The summed E-state index contributed by atoms with van der Waals surface area (Å²) in [6.45, 7) is 2.89. The van der Waals surface area contributed by atoms with Gasteiger partial charge in [-0.1, -0.05) is 16.7 Å². The second-order valence-corrected chi connectivity index (χ2v) is 7.49. The fourth-order valence-corrected chi connectivity index (χ4v) is 3.70. The summed E-state index contributed by atoms with van der Waals surface area (Å²) in [5, 5.41) is 10.8. The molecule has 4 rings (SSSR count). The van der Waals surface area contributed by atoms with Gasteiger partial charge in [0.05, 0.1) is 24.7 Å². The molecule has 1 saturated heterocycles. The number of aromatic nitrogens is 2. The van der Waals surface area contributed by atoms with Gasteiger partial charge in [-0.25, -0.2) is 0 Å². The van der Waals surface area contributed by atoms with Gasteiger partial charge in [0.2, 0.25) is 11.8 Å². The van der Waals surface area contributed by atoms with Crippen LogP contribution in [-0.2, 0) is 4.79 Å². The molecule has 1 aliphatic rings. The van der Waals surface area contributed by atoms with Crippen LogP contribution >= 0.6 is 11.6 Å². The molecule has 1 aromatic heterocycles. The van der Waals surface area contributed by atoms with E-state index in [1.165, 1.54) is 13.2 Å². The molecule has 0 aliphatic carbocycles. The van der Waals surface area contributed by atoms with Gasteiger partial charge in [0.1, 0.15) is 11.5 Å². The molecule has 0 saturated carbocycles. The number of hydrogen-bond donors (Lipinski definition) is 1. The van der Waals surface area contributed by atoms with Crippen LogP contribution in [0.15, 0.2) is 46.9 Å². The third kappa shape index (κ3) is 4.52. The van der Waals surface area contributed by atoms with Gasteiger partial charge in [0.25, 0.3) is 5.91 Å². The summed E-state index contributed by atoms with van der Waals surface area (Å²) < 4.78 is 16.1. The Hall–Kier alpha value is -3.59. The zero-order valence-electron chi connectivity index (χ0n) is 17.5. The van der Waals surface area contributed by atoms with E-state index in [0.717, 1.165) is 11.4 Å². The van der Waals surface area contributed by atoms with Gasteiger partial charge < -0.3 is 18.8 Å². The Morgan fingerprint density at radius 2 is 2.03 bits per heavy atom. The van der Waals surface area contributed by atoms with Gasteiger partial charge in [-0.05, 0) is 49.4 Å². The highest BCUT2D eigenvalue weighted by Crippen LogP contribution is 2.32. The molecule has 0 spiro atoms. The van der Waals surface area contributed by atoms with Crippen LogP contribution in [0.2, 0.25) is 5.02 Å². The number of anilines is 2. The molecule has 9 nitrogen and oxygen atoms in total. The number of ether oxygens (including phenoxy) is 2. The van der Waals surface area contributed by atoms with Gasteiger partial charge in [-0.2, -0.15) is 0 Å². The van der Waals surface area contributed by atoms with E-state index in [2.05, 4.69) is 15.5 Å². The number of benzene rings is 2. The standard InChI is InChI=1S/C22H21ClN4O5/c1-3-31-16-7-5-15(6-8-16)27-12-14(11-19(27)28)21-25-26-22(32-21)24-20(29)13-4-9-18(30-2)17(23)10-13/h4-10,14H,3,11-12H2,1-2H3,(H,24,26,29)/t14-/m1/s1. The molecule has 3 aromatic rings. The molecule has 2 amide bonds. The zero-order chi connectivity index (χ0) is 22.7. The van der Waals surface area contributed by atoms with Crippen LogP contribution in [0, 0.1) is 0 Å². The molecule has 2 heterocycles. The first-order chi connectivity index (χ1) is 15.5. The Bertz CT molecular complexity index is 1130. The van der Waals surface area contributed by atoms with Crippen LogP contribution in [0.3, 0.4) is 0 Å². The second kappa shape index (κ2) is 9.27. The number of nitrogens with one attached hydrogen (secondary N) is 1. The molecule has 0 bridgehead atoms. The fourth-order valence-electron chi connectivity index (χ4n) is 3.44. The summed E-state index contributed by atoms with van der Waals surface area (Å²) in [4.78, 5) is 26.7. The van der Waals surface area contributed by atoms with Crippen molar-refractivity contribution in [3.05, 3.63) is 58.9 Å². The monoisotopic (exact) mass is 456 g/mol. The quantitative estimate of drug-likeness (QED) is 0.574. The van der Waals surface area contributed by atoms with Crippen molar-refractivity contribution in [2.24, 2.45) is 0 Å². The van der Waals surface area contributed by atoms with Crippen molar-refractivity contribution in [1.82, 2.24) is 10.2 Å². The topological polar surface area (TPSA) is 107 Å². The highest BCUT2D eigenvalue weighted by atomic mass is 35.5. The third-order valence-electron chi connectivity index (χ3n) is 5.01. The van der Waals surface area contributed by atoms with E-state index in [9.17, 15) is 9.59 Å². The maximum Gasteiger partial charge on any atom is 0.322 e. The normalized spacial score (nSPS) is 15.7. The van der Waals surface area contributed by atoms with Gasteiger partial charge in [0.15, 0.2) is 0 Å². The molecular formula is C22H21ClN4O5. The highest BCUT2D eigenvalue weighted by Gasteiger charge is 2.35. The summed E-state index contributed by atoms with van der Waals surface area (Å²) in [5.41, 5.74) is 1.08. The first kappa shape index (κ1) is 21.6. The summed E-state index contributed by atoms with van der Waals surface area (Å²) in [5.74, 6) is 0.720. The first-order valence-corrected chi connectivity index (χ1v) is 10.4. The van der Waals surface area contributed by atoms with Crippen LogP contribution < -0.4 is 19.7 Å². The lowest BCUT2D eigenvalue weighted by molar-refractivity contribution is -0.117. The number of carbonyl (C=O) groups is 2. The van der Waals surface area contributed by atoms with Crippen molar-refractivity contribution in [3.63, 3.8) is 0 Å². The largest absolute Gasteiger partial charge is 0.495 e. The number of hydrogen-bond acceptors (Lipinski definition) is 7. The SMILES string of the molecule is CCOc1ccc(N2C[C@H](c3nnc(NC(=O)c4ccc(OC)c(Cl)c4)o3)CC2=O)cc1. The highest BCUT2D eigenvalue weighted by molar-refractivity contribution is 6.32. The minimum Gasteiger partial charge on any atom is -0.495 e. The maximum atomic E-state index is 12.5. The molecule has 10 heteroatoms. The minimum atomic E-state index is -0.455. The molecule has 1 aliphatic heterocycles. The molecule has 0 unspecified atom stereocenters. The third-order valence-corrected chi connectivity index (χ3v) is 5.30. The summed E-state index contributed by atoms with van der Waals surface area (Å²) in [6, 6.07) is 11.9. The molecule has 2 aromatic carbocycles. The predicted molar refractivity (Wildman–Crippen MR) is 118 cm³/mol. The Kier molecular flexibility index (Phi) is 6.27. The lowest BCUT2D eigenvalue weighted by atomic mass is 10.1. The number of amides is 2. The molecule has 1 N–H and O–H groups in total. The second-order valence-electron chi connectivity index (χ2n) is 7.08. The van der Waals surface area contributed by atoms with Crippen molar-refractivity contribution in [2.75, 3.05) is 30.5 Å². The Morgan fingerprint density at radius 1 is 1.25 bits per heavy atom. The molecular weight excluding hydrogens is 436 g/mol. The Morgan fingerprint density at radius 3 is 2.72 bits per heavy atom. The minimum absolute atomic E-state index is 0.0455. The molecule has 0 radical (unpaired) electrons. The molecule has 1 atom stereocenters. The fraction of sp³-hybridized carbons (Fsp3) is 0.273. The number of methoxy groups -OCH3 is 1. The van der Waals surface area contributed by atoms with E-state index < -0.39 is 5.91 Å². The van der Waals surface area contributed by atoms with E-state index in [0.29, 0.717) is 29.5 Å². The first-order valence-electron chi connectivity index (χ1n) is 10.00. The van der Waals surface area contributed by atoms with Gasteiger partial charge >= 0.3 is 6.01 Å². The van der Waals surface area contributed by atoms with Crippen molar-refractivity contribution in [2.45, 2.75) is 19.3 Å². The van der Waals surface area contributed by atoms with Crippen molar-refractivity contribution < 1.29 is 23.5 Å². The summed E-state index contributed by atoms with van der Waals surface area (Å²) in [7, 11) is 1.49. The van der Waals surface area contributed by atoms with Crippen LogP contribution in [0.25, 0.3) is 0 Å². The van der Waals surface area contributed by atoms with Crippen LogP contribution in [0.4, 0.5) is 11.7 Å². The van der Waals surface area contributed by atoms with E-state index >= 15 is 0 Å². The number of rotatable bonds is 7. The number of carbonyl (C=O) groups excluding carboxylic acids is 2. The maximum absolute atomic E-state index is 12.5. The number of halogens is 1. The summed E-state index contributed by atoms with van der Waals surface area (Å²) in [6.07, 6.45) is 0.233. The average molecular weight is 457 g/mol. The lowest BCUT2D eigenvalue weighted by Gasteiger charge is -2.16. The van der Waals surface area contributed by atoms with Gasteiger partial charge in [-0.15, -0.1) is 5.10 Å². The van der Waals surface area contributed by atoms with E-state index in [4.69, 9.17) is 25.5 Å². The van der Waals surface area contributed by atoms with Gasteiger partial charge in [0, 0.05) is 24.2 Å². The molecule has 32 heavy (non-hydrogen) atoms. The summed E-state index contributed by atoms with van der Waals surface area (Å²) >= 11 is 6.07. The molecule has 166 valence electrons. The molecule has 1 fully saturated rings. The van der Waals surface area contributed by atoms with E-state index in [1.807, 2.05) is 31.2 Å². The Balaban J connectivity index is 1.41. The zero-order valence-corrected chi connectivity index (χ0v) is 18.3. The van der Waals surface area contributed by atoms with Crippen LogP contribution in [-0.4, -0.2) is 42.3 Å². The van der Waals surface area contributed by atoms with E-state index in [1.54, 1.807) is 17.0 Å². The predicted octanol–water partition coefficient (Wildman–Crippen LogP) is 3.90. The van der Waals surface area contributed by atoms with Crippen LogP contribution in [0.5, 0.6) is 11.5 Å².